The molecule has 2 unspecified atom stereocenters. The Kier molecular flexibility index (Phi) is 4.81. The predicted molar refractivity (Wildman–Crippen MR) is 114 cm³/mol. The second kappa shape index (κ2) is 7.32. The van der Waals surface area contributed by atoms with Gasteiger partial charge in [0.05, 0.1) is 34.5 Å². The van der Waals surface area contributed by atoms with Crippen LogP contribution in [0.1, 0.15) is 42.3 Å². The van der Waals surface area contributed by atoms with E-state index in [4.69, 9.17) is 4.74 Å². The molecule has 6 heteroatoms. The quantitative estimate of drug-likeness (QED) is 0.828. The molecule has 1 aromatic carbocycles. The summed E-state index contributed by atoms with van der Waals surface area (Å²) in [6, 6.07) is 8.70. The molecule has 2 atom stereocenters. The maximum absolute atomic E-state index is 13.2. The van der Waals surface area contributed by atoms with Crippen molar-refractivity contribution >= 4 is 33.0 Å². The van der Waals surface area contributed by atoms with Crippen molar-refractivity contribution in [1.82, 2.24) is 10.6 Å². The molecule has 2 aromatic rings. The molecule has 1 spiro atoms. The Morgan fingerprint density at radius 3 is 2.93 bits per heavy atom. The molecule has 2 saturated heterocycles. The summed E-state index contributed by atoms with van der Waals surface area (Å²) >= 11 is 1.63. The summed E-state index contributed by atoms with van der Waals surface area (Å²) in [6.07, 6.45) is 4.64. The first-order valence-electron chi connectivity index (χ1n) is 10.6. The Morgan fingerprint density at radius 2 is 2.18 bits per heavy atom. The van der Waals surface area contributed by atoms with Gasteiger partial charge >= 0.3 is 0 Å². The molecule has 1 aliphatic carbocycles. The molecule has 5 nitrogen and oxygen atoms in total. The van der Waals surface area contributed by atoms with E-state index >= 15 is 0 Å². The minimum Gasteiger partial charge on any atom is -0.378 e. The van der Waals surface area contributed by atoms with Crippen LogP contribution in [0.5, 0.6) is 0 Å². The van der Waals surface area contributed by atoms with Crippen molar-refractivity contribution in [3.63, 3.8) is 0 Å². The second-order valence-electron chi connectivity index (χ2n) is 8.40. The maximum atomic E-state index is 13.2. The van der Waals surface area contributed by atoms with E-state index in [1.807, 2.05) is 0 Å². The number of morpholine rings is 1. The van der Waals surface area contributed by atoms with Gasteiger partial charge in [-0.25, -0.2) is 0 Å². The minimum absolute atomic E-state index is 0.0903. The summed E-state index contributed by atoms with van der Waals surface area (Å²) in [5.74, 6) is 0.665. The van der Waals surface area contributed by atoms with E-state index in [1.54, 1.807) is 11.3 Å². The number of carbonyl (C=O) groups excluding carboxylic acids is 1. The highest BCUT2D eigenvalue weighted by atomic mass is 32.1. The fourth-order valence-corrected chi connectivity index (χ4v) is 6.08. The smallest absolute Gasteiger partial charge is 0.261 e. The van der Waals surface area contributed by atoms with Crippen LogP contribution in [0.25, 0.3) is 10.1 Å². The fourth-order valence-electron chi connectivity index (χ4n) is 4.98. The van der Waals surface area contributed by atoms with Gasteiger partial charge in [0.2, 0.25) is 0 Å². The number of rotatable bonds is 4. The maximum Gasteiger partial charge on any atom is 0.261 e. The molecule has 3 aliphatic rings. The summed E-state index contributed by atoms with van der Waals surface area (Å²) in [7, 11) is 0. The van der Waals surface area contributed by atoms with E-state index in [0.717, 1.165) is 56.0 Å². The van der Waals surface area contributed by atoms with Gasteiger partial charge in [-0.1, -0.05) is 25.5 Å². The average molecular weight is 400 g/mol. The van der Waals surface area contributed by atoms with Gasteiger partial charge in [0.15, 0.2) is 0 Å². The number of hydrogen-bond acceptors (Lipinski definition) is 5. The number of nitrogens with zero attached hydrogens (tertiary/aromatic N) is 1. The molecule has 1 amide bonds. The number of ether oxygens (including phenoxy) is 1. The summed E-state index contributed by atoms with van der Waals surface area (Å²) in [5, 5.41) is 8.28. The normalized spacial score (nSPS) is 26.5. The number of piperidine rings is 1. The number of anilines is 1. The number of nitrogens with one attached hydrogen (secondary N) is 2. The van der Waals surface area contributed by atoms with Crippen LogP contribution in [0, 0.1) is 5.92 Å². The molecule has 3 heterocycles. The van der Waals surface area contributed by atoms with Crippen molar-refractivity contribution in [3.05, 3.63) is 29.1 Å². The van der Waals surface area contributed by atoms with Gasteiger partial charge in [-0.15, -0.1) is 11.3 Å². The topological polar surface area (TPSA) is 53.6 Å². The first-order valence-corrected chi connectivity index (χ1v) is 11.4. The molecule has 150 valence electrons. The van der Waals surface area contributed by atoms with Crippen LogP contribution >= 0.6 is 11.3 Å². The lowest BCUT2D eigenvalue weighted by Crippen LogP contribution is -2.59. The first kappa shape index (κ1) is 18.4. The average Bonchev–Trinajstić information content (AvgIpc) is 3.36. The van der Waals surface area contributed by atoms with Crippen LogP contribution in [-0.2, 0) is 4.74 Å². The van der Waals surface area contributed by atoms with Crippen LogP contribution in [0.4, 0.5) is 5.69 Å². The standard InChI is InChI=1S/C22H29N3O2S/c1-2-15-6-9-23-22(7-8-22)20(15)24-21(26)18-14-16-4-3-5-17(19(16)28-18)25-10-12-27-13-11-25/h3-5,14-15,20,23H,2,6-13H2,1H3,(H,24,26). The number of carbonyl (C=O) groups is 1. The zero-order valence-corrected chi connectivity index (χ0v) is 17.3. The number of fused-ring (bicyclic) bond motifs is 1. The van der Waals surface area contributed by atoms with Gasteiger partial charge < -0.3 is 20.3 Å². The molecule has 1 saturated carbocycles. The summed E-state index contributed by atoms with van der Waals surface area (Å²) in [5.41, 5.74) is 1.39. The van der Waals surface area contributed by atoms with E-state index in [2.05, 4.69) is 46.7 Å². The Bertz CT molecular complexity index is 870. The van der Waals surface area contributed by atoms with Gasteiger partial charge in [0.25, 0.3) is 5.91 Å². The number of amides is 1. The first-order chi connectivity index (χ1) is 13.7. The molecular formula is C22H29N3O2S. The zero-order valence-electron chi connectivity index (χ0n) is 16.5. The molecule has 28 heavy (non-hydrogen) atoms. The Morgan fingerprint density at radius 1 is 1.36 bits per heavy atom. The van der Waals surface area contributed by atoms with E-state index < -0.39 is 0 Å². The molecule has 2 N–H and O–H groups in total. The minimum atomic E-state index is 0.0903. The largest absolute Gasteiger partial charge is 0.378 e. The van der Waals surface area contributed by atoms with Crippen LogP contribution in [-0.4, -0.2) is 50.3 Å². The van der Waals surface area contributed by atoms with Crippen LogP contribution in [0.2, 0.25) is 0 Å². The summed E-state index contributed by atoms with van der Waals surface area (Å²) in [6.45, 7) is 6.68. The highest BCUT2D eigenvalue weighted by molar-refractivity contribution is 7.21. The van der Waals surface area contributed by atoms with Crippen molar-refractivity contribution in [1.29, 1.82) is 0 Å². The lowest BCUT2D eigenvalue weighted by molar-refractivity contribution is 0.0879. The third-order valence-electron chi connectivity index (χ3n) is 6.76. The molecule has 0 radical (unpaired) electrons. The summed E-state index contributed by atoms with van der Waals surface area (Å²) < 4.78 is 6.71. The number of hydrogen-bond donors (Lipinski definition) is 2. The lowest BCUT2D eigenvalue weighted by atomic mass is 9.83. The summed E-state index contributed by atoms with van der Waals surface area (Å²) in [4.78, 5) is 16.4. The predicted octanol–water partition coefficient (Wildman–Crippen LogP) is 3.39. The molecule has 5 rings (SSSR count). The van der Waals surface area contributed by atoms with Gasteiger partial charge in [-0.2, -0.15) is 0 Å². The Balaban J connectivity index is 1.40. The molecule has 2 aliphatic heterocycles. The zero-order chi connectivity index (χ0) is 19.1. The van der Waals surface area contributed by atoms with Crippen LogP contribution in [0.15, 0.2) is 24.3 Å². The van der Waals surface area contributed by atoms with Crippen LogP contribution in [0.3, 0.4) is 0 Å². The highest BCUT2D eigenvalue weighted by Crippen LogP contribution is 2.45. The van der Waals surface area contributed by atoms with Crippen LogP contribution < -0.4 is 15.5 Å². The van der Waals surface area contributed by atoms with Gasteiger partial charge in [0, 0.05) is 18.6 Å². The van der Waals surface area contributed by atoms with Crippen molar-refractivity contribution < 1.29 is 9.53 Å². The Hall–Kier alpha value is -1.63. The van der Waals surface area contributed by atoms with E-state index in [0.29, 0.717) is 5.92 Å². The van der Waals surface area contributed by atoms with Crippen molar-refractivity contribution in [2.24, 2.45) is 5.92 Å². The number of thiophene rings is 1. The number of benzene rings is 1. The van der Waals surface area contributed by atoms with Gasteiger partial charge in [-0.3, -0.25) is 4.79 Å². The van der Waals surface area contributed by atoms with Crippen molar-refractivity contribution in [2.45, 2.75) is 44.2 Å². The molecule has 1 aromatic heterocycles. The van der Waals surface area contributed by atoms with E-state index in [-0.39, 0.29) is 17.5 Å². The third-order valence-corrected chi connectivity index (χ3v) is 7.93. The molecule has 3 fully saturated rings. The lowest BCUT2D eigenvalue weighted by Gasteiger charge is -2.39. The van der Waals surface area contributed by atoms with Gasteiger partial charge in [-0.05, 0) is 49.2 Å². The molecular weight excluding hydrogens is 370 g/mol. The monoisotopic (exact) mass is 399 g/mol. The SMILES string of the molecule is CCC1CCNC2(CC2)C1NC(=O)c1cc2cccc(N3CCOCC3)c2s1. The van der Waals surface area contributed by atoms with Crippen molar-refractivity contribution in [3.8, 4) is 0 Å². The second-order valence-corrected chi connectivity index (χ2v) is 9.45. The highest BCUT2D eigenvalue weighted by Gasteiger charge is 2.53. The van der Waals surface area contributed by atoms with Gasteiger partial charge in [0.1, 0.15) is 0 Å². The van der Waals surface area contributed by atoms with E-state index in [9.17, 15) is 4.79 Å². The third kappa shape index (κ3) is 3.21. The Labute approximate surface area is 170 Å². The van der Waals surface area contributed by atoms with E-state index in [1.165, 1.54) is 23.2 Å². The molecule has 0 bridgehead atoms. The van der Waals surface area contributed by atoms with Crippen molar-refractivity contribution in [2.75, 3.05) is 37.7 Å². The fraction of sp³-hybridized carbons (Fsp3) is 0.591.